The Morgan fingerprint density at radius 3 is 3.00 bits per heavy atom. The molecule has 0 atom stereocenters. The number of amides is 1. The minimum absolute atomic E-state index is 0.207. The van der Waals surface area contributed by atoms with Gasteiger partial charge in [0.1, 0.15) is 5.56 Å². The second-order valence-electron chi connectivity index (χ2n) is 5.07. The Morgan fingerprint density at radius 2 is 2.25 bits per heavy atom. The van der Waals surface area contributed by atoms with Gasteiger partial charge < -0.3 is 10.1 Å². The highest BCUT2D eigenvalue weighted by Crippen LogP contribution is 2.20. The minimum Gasteiger partial charge on any atom is -0.479 e. The number of hydrogen-bond acceptors (Lipinski definition) is 6. The van der Waals surface area contributed by atoms with Crippen LogP contribution in [0.4, 0.5) is 0 Å². The van der Waals surface area contributed by atoms with Gasteiger partial charge in [-0.05, 0) is 12.1 Å². The molecule has 0 aliphatic rings. The van der Waals surface area contributed by atoms with Crippen LogP contribution in [-0.4, -0.2) is 39.3 Å². The Kier molecular flexibility index (Phi) is 4.85. The number of aromatic nitrogens is 4. The van der Waals surface area contributed by atoms with Crippen LogP contribution in [0.3, 0.4) is 0 Å². The lowest BCUT2D eigenvalue weighted by Crippen LogP contribution is -2.25. The Morgan fingerprint density at radius 1 is 1.38 bits per heavy atom. The summed E-state index contributed by atoms with van der Waals surface area (Å²) in [5.74, 6) is 0.114. The van der Waals surface area contributed by atoms with Gasteiger partial charge in [0.25, 0.3) is 5.91 Å². The summed E-state index contributed by atoms with van der Waals surface area (Å²) in [4.78, 5) is 21.0. The fourth-order valence-electron chi connectivity index (χ4n) is 2.21. The summed E-state index contributed by atoms with van der Waals surface area (Å²) in [5, 5.41) is 9.86. The molecule has 3 aromatic rings. The van der Waals surface area contributed by atoms with Crippen LogP contribution in [-0.2, 0) is 13.5 Å². The maximum atomic E-state index is 12.2. The lowest BCUT2D eigenvalue weighted by molar-refractivity contribution is 0.0951. The topological polar surface area (TPSA) is 81.9 Å². The Bertz CT molecular complexity index is 828. The van der Waals surface area contributed by atoms with Crippen molar-refractivity contribution in [2.75, 3.05) is 13.7 Å². The van der Waals surface area contributed by atoms with E-state index in [2.05, 4.69) is 20.4 Å². The summed E-state index contributed by atoms with van der Waals surface area (Å²) in [6, 6.07) is 5.73. The van der Waals surface area contributed by atoms with Gasteiger partial charge in [0.05, 0.1) is 23.5 Å². The minimum atomic E-state index is -0.207. The number of carbonyl (C=O) groups excluding carboxylic acids is 1. The number of aryl methyl sites for hydroxylation is 1. The number of hydrogen-bond donors (Lipinski definition) is 1. The van der Waals surface area contributed by atoms with Gasteiger partial charge in [-0.25, -0.2) is 4.98 Å². The molecule has 1 amide bonds. The van der Waals surface area contributed by atoms with Gasteiger partial charge in [-0.1, -0.05) is 6.07 Å². The molecule has 0 aromatic carbocycles. The van der Waals surface area contributed by atoms with E-state index in [1.165, 1.54) is 7.11 Å². The second kappa shape index (κ2) is 7.22. The molecule has 124 valence electrons. The molecule has 1 N–H and O–H groups in total. The summed E-state index contributed by atoms with van der Waals surface area (Å²) in [7, 11) is 3.24. The second-order valence-corrected chi connectivity index (χ2v) is 6.02. The predicted octanol–water partition coefficient (Wildman–Crippen LogP) is 1.92. The van der Waals surface area contributed by atoms with E-state index in [1.807, 2.05) is 23.6 Å². The lowest BCUT2D eigenvalue weighted by atomic mass is 10.3. The molecule has 0 saturated carbocycles. The lowest BCUT2D eigenvalue weighted by Gasteiger charge is -2.03. The molecule has 0 bridgehead atoms. The van der Waals surface area contributed by atoms with Gasteiger partial charge in [-0.3, -0.25) is 14.5 Å². The monoisotopic (exact) mass is 343 g/mol. The third kappa shape index (κ3) is 3.60. The first-order valence-corrected chi connectivity index (χ1v) is 8.27. The van der Waals surface area contributed by atoms with Crippen molar-refractivity contribution in [1.82, 2.24) is 25.1 Å². The third-order valence-corrected chi connectivity index (χ3v) is 4.24. The van der Waals surface area contributed by atoms with E-state index >= 15 is 0 Å². The quantitative estimate of drug-likeness (QED) is 0.739. The number of rotatable bonds is 6. The summed E-state index contributed by atoms with van der Waals surface area (Å²) in [5.41, 5.74) is 2.13. The van der Waals surface area contributed by atoms with Crippen LogP contribution in [0.5, 0.6) is 5.88 Å². The number of nitrogens with one attached hydrogen (secondary N) is 1. The number of carbonyl (C=O) groups is 1. The van der Waals surface area contributed by atoms with Gasteiger partial charge in [0, 0.05) is 37.8 Å². The maximum absolute atomic E-state index is 12.2. The average Bonchev–Trinajstić information content (AvgIpc) is 3.22. The van der Waals surface area contributed by atoms with E-state index in [1.54, 1.807) is 35.5 Å². The maximum Gasteiger partial charge on any atom is 0.258 e. The highest BCUT2D eigenvalue weighted by molar-refractivity contribution is 7.09. The number of methoxy groups -OCH3 is 1. The van der Waals surface area contributed by atoms with E-state index in [-0.39, 0.29) is 5.91 Å². The molecule has 3 rings (SSSR count). The molecule has 3 heterocycles. The van der Waals surface area contributed by atoms with Crippen molar-refractivity contribution in [1.29, 1.82) is 0 Å². The number of ether oxygens (including phenoxy) is 1. The Hall–Kier alpha value is -2.74. The normalized spacial score (nSPS) is 10.6. The van der Waals surface area contributed by atoms with Gasteiger partial charge >= 0.3 is 0 Å². The molecule has 7 nitrogen and oxygen atoms in total. The first-order valence-electron chi connectivity index (χ1n) is 7.39. The van der Waals surface area contributed by atoms with Crippen LogP contribution in [0.2, 0.25) is 0 Å². The molecule has 8 heteroatoms. The van der Waals surface area contributed by atoms with Crippen LogP contribution < -0.4 is 10.1 Å². The van der Waals surface area contributed by atoms with Crippen molar-refractivity contribution in [3.63, 3.8) is 0 Å². The molecular formula is C16H17N5O2S. The van der Waals surface area contributed by atoms with Crippen LogP contribution in [0, 0.1) is 0 Å². The van der Waals surface area contributed by atoms with E-state index < -0.39 is 0 Å². The highest BCUT2D eigenvalue weighted by Gasteiger charge is 2.16. The van der Waals surface area contributed by atoms with E-state index in [0.717, 1.165) is 16.4 Å². The van der Waals surface area contributed by atoms with Crippen molar-refractivity contribution < 1.29 is 9.53 Å². The zero-order valence-corrected chi connectivity index (χ0v) is 14.2. The first-order chi connectivity index (χ1) is 11.7. The molecule has 0 spiro atoms. The SMILES string of the molecule is COc1nn(C)cc1C(=O)NCCc1nc(-c2ccccn2)cs1. The van der Waals surface area contributed by atoms with Crippen molar-refractivity contribution in [3.05, 3.63) is 46.5 Å². The number of nitrogens with zero attached hydrogens (tertiary/aromatic N) is 4. The van der Waals surface area contributed by atoms with Crippen molar-refractivity contribution >= 4 is 17.2 Å². The van der Waals surface area contributed by atoms with Crippen LogP contribution in [0.25, 0.3) is 11.4 Å². The Balaban J connectivity index is 1.57. The molecule has 0 radical (unpaired) electrons. The van der Waals surface area contributed by atoms with E-state index in [4.69, 9.17) is 4.74 Å². The molecule has 0 saturated heterocycles. The summed E-state index contributed by atoms with van der Waals surface area (Å²) in [6.07, 6.45) is 4.04. The van der Waals surface area contributed by atoms with E-state index in [0.29, 0.717) is 24.4 Å². The molecule has 0 aliphatic heterocycles. The standard InChI is InChI=1S/C16H17N5O2S/c1-21-9-11(16(20-21)23-2)15(22)18-8-6-14-19-13(10-24-14)12-5-3-4-7-17-12/h3-5,7,9-10H,6,8H2,1-2H3,(H,18,22). The van der Waals surface area contributed by atoms with Gasteiger partial charge in [0.15, 0.2) is 0 Å². The third-order valence-electron chi connectivity index (χ3n) is 3.34. The van der Waals surface area contributed by atoms with Crippen molar-refractivity contribution in [2.45, 2.75) is 6.42 Å². The molecule has 24 heavy (non-hydrogen) atoms. The molecule has 0 fully saturated rings. The zero-order valence-electron chi connectivity index (χ0n) is 13.4. The number of pyridine rings is 1. The average molecular weight is 343 g/mol. The molecule has 0 unspecified atom stereocenters. The van der Waals surface area contributed by atoms with Crippen LogP contribution in [0.15, 0.2) is 36.0 Å². The number of thiazole rings is 1. The zero-order chi connectivity index (χ0) is 16.9. The summed E-state index contributed by atoms with van der Waals surface area (Å²) >= 11 is 1.56. The Labute approximate surface area is 143 Å². The van der Waals surface area contributed by atoms with Gasteiger partial charge in [-0.2, -0.15) is 0 Å². The predicted molar refractivity (Wildman–Crippen MR) is 91.1 cm³/mol. The fraction of sp³-hybridized carbons (Fsp3) is 0.250. The summed E-state index contributed by atoms with van der Waals surface area (Å²) in [6.45, 7) is 0.492. The fourth-order valence-corrected chi connectivity index (χ4v) is 3.00. The highest BCUT2D eigenvalue weighted by atomic mass is 32.1. The van der Waals surface area contributed by atoms with Crippen molar-refractivity contribution in [3.8, 4) is 17.3 Å². The van der Waals surface area contributed by atoms with Crippen LogP contribution in [0.1, 0.15) is 15.4 Å². The van der Waals surface area contributed by atoms with Crippen LogP contribution >= 0.6 is 11.3 Å². The van der Waals surface area contributed by atoms with Crippen molar-refractivity contribution in [2.24, 2.45) is 7.05 Å². The molecule has 3 aromatic heterocycles. The smallest absolute Gasteiger partial charge is 0.258 e. The summed E-state index contributed by atoms with van der Waals surface area (Å²) < 4.78 is 6.64. The van der Waals surface area contributed by atoms with E-state index in [9.17, 15) is 4.79 Å². The molecule has 0 aliphatic carbocycles. The van der Waals surface area contributed by atoms with Gasteiger partial charge in [-0.15, -0.1) is 16.4 Å². The molecular weight excluding hydrogens is 326 g/mol. The first kappa shape index (κ1) is 16.1. The van der Waals surface area contributed by atoms with Gasteiger partial charge in [0.2, 0.25) is 5.88 Å². The largest absolute Gasteiger partial charge is 0.479 e.